The maximum Gasteiger partial charge on any atom is 0.313 e. The van der Waals surface area contributed by atoms with Crippen LogP contribution in [0.25, 0.3) is 0 Å². The molecular formula is C17H20N2O5. The van der Waals surface area contributed by atoms with Crippen LogP contribution in [0.5, 0.6) is 5.75 Å². The summed E-state index contributed by atoms with van der Waals surface area (Å²) in [6.07, 6.45) is 2.41. The monoisotopic (exact) mass is 332 g/mol. The Labute approximate surface area is 139 Å². The van der Waals surface area contributed by atoms with Crippen molar-refractivity contribution in [1.82, 2.24) is 5.32 Å². The number of furan rings is 1. The summed E-state index contributed by atoms with van der Waals surface area (Å²) in [6, 6.07) is 8.51. The van der Waals surface area contributed by atoms with Gasteiger partial charge in [0.15, 0.2) is 0 Å². The number of hydrogen-bond donors (Lipinski definition) is 3. The van der Waals surface area contributed by atoms with Gasteiger partial charge < -0.3 is 24.9 Å². The molecule has 0 aliphatic rings. The molecule has 7 nitrogen and oxygen atoms in total. The fourth-order valence-corrected chi connectivity index (χ4v) is 2.06. The third-order valence-corrected chi connectivity index (χ3v) is 3.27. The fourth-order valence-electron chi connectivity index (χ4n) is 2.06. The molecule has 0 fully saturated rings. The predicted octanol–water partition coefficient (Wildman–Crippen LogP) is 1.86. The molecule has 0 spiro atoms. The summed E-state index contributed by atoms with van der Waals surface area (Å²) in [4.78, 5) is 23.7. The molecule has 0 bridgehead atoms. The number of ether oxygens (including phenoxy) is 1. The molecule has 3 N–H and O–H groups in total. The van der Waals surface area contributed by atoms with Crippen molar-refractivity contribution < 1.29 is 23.8 Å². The average Bonchev–Trinajstić information content (AvgIpc) is 3.11. The van der Waals surface area contributed by atoms with Crippen LogP contribution in [0.3, 0.4) is 0 Å². The highest BCUT2D eigenvalue weighted by molar-refractivity contribution is 6.39. The zero-order valence-corrected chi connectivity index (χ0v) is 13.3. The topological polar surface area (TPSA) is 101 Å². The smallest absolute Gasteiger partial charge is 0.313 e. The molecule has 0 saturated heterocycles. The minimum Gasteiger partial charge on any atom is -0.492 e. The van der Waals surface area contributed by atoms with Gasteiger partial charge in [-0.25, -0.2) is 0 Å². The van der Waals surface area contributed by atoms with E-state index in [0.717, 1.165) is 0 Å². The van der Waals surface area contributed by atoms with Crippen LogP contribution in [-0.4, -0.2) is 30.1 Å². The van der Waals surface area contributed by atoms with Gasteiger partial charge in [0.05, 0.1) is 30.9 Å². The zero-order valence-electron chi connectivity index (χ0n) is 13.3. The van der Waals surface area contributed by atoms with Crippen molar-refractivity contribution in [2.24, 2.45) is 0 Å². The Balaban J connectivity index is 1.81. The number of carbonyl (C=O) groups excluding carboxylic acids is 2. The maximum atomic E-state index is 11.9. The first kappa shape index (κ1) is 17.6. The Morgan fingerprint density at radius 1 is 1.25 bits per heavy atom. The molecule has 2 rings (SSSR count). The number of amides is 2. The lowest BCUT2D eigenvalue weighted by molar-refractivity contribution is -0.136. The second-order valence-electron chi connectivity index (χ2n) is 5.00. The van der Waals surface area contributed by atoms with Gasteiger partial charge in [0, 0.05) is 12.1 Å². The molecule has 1 atom stereocenters. The number of anilines is 1. The summed E-state index contributed by atoms with van der Waals surface area (Å²) in [5, 5.41) is 14.8. The van der Waals surface area contributed by atoms with Crippen LogP contribution in [0.4, 0.5) is 5.69 Å². The van der Waals surface area contributed by atoms with Crippen molar-refractivity contribution in [3.05, 3.63) is 48.4 Å². The van der Waals surface area contributed by atoms with Gasteiger partial charge in [0.25, 0.3) is 0 Å². The highest BCUT2D eigenvalue weighted by atomic mass is 16.5. The van der Waals surface area contributed by atoms with Gasteiger partial charge in [-0.15, -0.1) is 0 Å². The highest BCUT2D eigenvalue weighted by Gasteiger charge is 2.16. The zero-order chi connectivity index (χ0) is 17.4. The molecule has 24 heavy (non-hydrogen) atoms. The fraction of sp³-hybridized carbons (Fsp3) is 0.294. The first-order valence-electron chi connectivity index (χ1n) is 7.63. The Bertz CT molecular complexity index is 669. The SMILES string of the molecule is CCOc1ccccc1NC(=O)C(=O)NCCC(O)c1ccoc1. The molecule has 7 heteroatoms. The molecule has 0 radical (unpaired) electrons. The molecule has 1 heterocycles. The van der Waals surface area contributed by atoms with E-state index < -0.39 is 17.9 Å². The third-order valence-electron chi connectivity index (χ3n) is 3.27. The number of hydrogen-bond acceptors (Lipinski definition) is 5. The van der Waals surface area contributed by atoms with E-state index in [1.807, 2.05) is 6.92 Å². The first-order chi connectivity index (χ1) is 11.6. The summed E-state index contributed by atoms with van der Waals surface area (Å²) in [7, 11) is 0. The van der Waals surface area contributed by atoms with Gasteiger partial charge in [-0.05, 0) is 31.5 Å². The average molecular weight is 332 g/mol. The van der Waals surface area contributed by atoms with Gasteiger partial charge in [0.2, 0.25) is 0 Å². The molecule has 2 aromatic rings. The third kappa shape index (κ3) is 4.85. The molecule has 1 aromatic carbocycles. The quantitative estimate of drug-likeness (QED) is 0.672. The number of nitrogens with one attached hydrogen (secondary N) is 2. The van der Waals surface area contributed by atoms with E-state index in [9.17, 15) is 14.7 Å². The van der Waals surface area contributed by atoms with E-state index in [1.165, 1.54) is 12.5 Å². The van der Waals surface area contributed by atoms with Gasteiger partial charge in [-0.1, -0.05) is 12.1 Å². The van der Waals surface area contributed by atoms with Crippen molar-refractivity contribution in [3.63, 3.8) is 0 Å². The van der Waals surface area contributed by atoms with Crippen LogP contribution in [0.15, 0.2) is 47.3 Å². The van der Waals surface area contributed by atoms with Crippen LogP contribution >= 0.6 is 0 Å². The standard InChI is InChI=1S/C17H20N2O5/c1-2-24-15-6-4-3-5-13(15)19-17(22)16(21)18-9-7-14(20)12-8-10-23-11-12/h3-6,8,10-11,14,20H,2,7,9H2,1H3,(H,18,21)(H,19,22). The first-order valence-corrected chi connectivity index (χ1v) is 7.63. The Hall–Kier alpha value is -2.80. The second-order valence-corrected chi connectivity index (χ2v) is 5.00. The number of para-hydroxylation sites is 2. The minimum absolute atomic E-state index is 0.158. The molecular weight excluding hydrogens is 312 g/mol. The van der Waals surface area contributed by atoms with Crippen LogP contribution in [0, 0.1) is 0 Å². The van der Waals surface area contributed by atoms with Crippen LogP contribution in [0.1, 0.15) is 25.0 Å². The Kier molecular flexibility index (Phi) is 6.39. The number of benzene rings is 1. The van der Waals surface area contributed by atoms with E-state index in [2.05, 4.69) is 10.6 Å². The summed E-state index contributed by atoms with van der Waals surface area (Å²) >= 11 is 0. The number of aliphatic hydroxyl groups excluding tert-OH is 1. The van der Waals surface area contributed by atoms with Crippen molar-refractivity contribution in [3.8, 4) is 5.75 Å². The van der Waals surface area contributed by atoms with Gasteiger partial charge in [-0.2, -0.15) is 0 Å². The molecule has 1 aromatic heterocycles. The molecule has 0 saturated carbocycles. The summed E-state index contributed by atoms with van der Waals surface area (Å²) in [6.45, 7) is 2.44. The van der Waals surface area contributed by atoms with Crippen LogP contribution in [-0.2, 0) is 9.59 Å². The van der Waals surface area contributed by atoms with E-state index in [0.29, 0.717) is 23.6 Å². The van der Waals surface area contributed by atoms with Crippen molar-refractivity contribution in [2.75, 3.05) is 18.5 Å². The highest BCUT2D eigenvalue weighted by Crippen LogP contribution is 2.23. The predicted molar refractivity (Wildman–Crippen MR) is 87.5 cm³/mol. The largest absolute Gasteiger partial charge is 0.492 e. The van der Waals surface area contributed by atoms with Gasteiger partial charge in [0.1, 0.15) is 5.75 Å². The van der Waals surface area contributed by atoms with E-state index in [-0.39, 0.29) is 13.0 Å². The number of aliphatic hydroxyl groups is 1. The molecule has 1 unspecified atom stereocenters. The van der Waals surface area contributed by atoms with Gasteiger partial charge in [-0.3, -0.25) is 9.59 Å². The summed E-state index contributed by atoms with van der Waals surface area (Å²) in [5.74, 6) is -1.07. The molecule has 128 valence electrons. The Morgan fingerprint density at radius 3 is 2.75 bits per heavy atom. The van der Waals surface area contributed by atoms with E-state index >= 15 is 0 Å². The van der Waals surface area contributed by atoms with Gasteiger partial charge >= 0.3 is 11.8 Å². The van der Waals surface area contributed by atoms with Crippen LogP contribution < -0.4 is 15.4 Å². The maximum absolute atomic E-state index is 11.9. The lowest BCUT2D eigenvalue weighted by Gasteiger charge is -2.12. The summed E-state index contributed by atoms with van der Waals surface area (Å²) < 4.78 is 10.3. The van der Waals surface area contributed by atoms with Crippen molar-refractivity contribution >= 4 is 17.5 Å². The molecule has 2 amide bonds. The molecule has 0 aliphatic carbocycles. The van der Waals surface area contributed by atoms with E-state index in [1.54, 1.807) is 30.3 Å². The lowest BCUT2D eigenvalue weighted by Crippen LogP contribution is -2.36. The number of rotatable bonds is 7. The van der Waals surface area contributed by atoms with E-state index in [4.69, 9.17) is 9.15 Å². The van der Waals surface area contributed by atoms with Crippen molar-refractivity contribution in [1.29, 1.82) is 0 Å². The minimum atomic E-state index is -0.792. The lowest BCUT2D eigenvalue weighted by atomic mass is 10.1. The van der Waals surface area contributed by atoms with Crippen LogP contribution in [0.2, 0.25) is 0 Å². The molecule has 0 aliphatic heterocycles. The van der Waals surface area contributed by atoms with Crippen molar-refractivity contribution in [2.45, 2.75) is 19.4 Å². The normalized spacial score (nSPS) is 11.6. The number of carbonyl (C=O) groups is 2. The second kappa shape index (κ2) is 8.73. The summed E-state index contributed by atoms with van der Waals surface area (Å²) in [5.41, 5.74) is 1.05. The Morgan fingerprint density at radius 2 is 2.04 bits per heavy atom.